The molecule has 0 aliphatic heterocycles. The molecule has 8 nitrogen and oxygen atoms in total. The molecule has 230 valence electrons. The van der Waals surface area contributed by atoms with Gasteiger partial charge in [-0.25, -0.2) is 18.2 Å². The first-order valence-electron chi connectivity index (χ1n) is 13.8. The van der Waals surface area contributed by atoms with Gasteiger partial charge < -0.3 is 14.0 Å². The Kier molecular flexibility index (Phi) is 9.63. The van der Waals surface area contributed by atoms with Crippen LogP contribution >= 0.6 is 23.2 Å². The van der Waals surface area contributed by atoms with Crippen molar-refractivity contribution in [2.24, 2.45) is 0 Å². The lowest BCUT2D eigenvalue weighted by atomic mass is 10.0. The molecule has 5 aromatic rings. The molecule has 0 atom stereocenters. The maximum absolute atomic E-state index is 12.1. The van der Waals surface area contributed by atoms with Gasteiger partial charge in [-0.2, -0.15) is 0 Å². The first-order valence-corrected chi connectivity index (χ1v) is 16.5. The average Bonchev–Trinajstić information content (AvgIpc) is 3.42. The minimum absolute atomic E-state index is 0.0673. The number of sulfonamides is 1. The minimum Gasteiger partial charge on any atom is -0.465 e. The van der Waals surface area contributed by atoms with Crippen molar-refractivity contribution in [2.45, 2.75) is 13.5 Å². The molecule has 0 aliphatic carbocycles. The quantitative estimate of drug-likeness (QED) is 0.150. The van der Waals surface area contributed by atoms with Gasteiger partial charge in [0, 0.05) is 29.4 Å². The Morgan fingerprint density at radius 2 is 1.58 bits per heavy atom. The number of hydrogen-bond acceptors (Lipinski definition) is 6. The van der Waals surface area contributed by atoms with Crippen molar-refractivity contribution in [3.63, 3.8) is 0 Å². The summed E-state index contributed by atoms with van der Waals surface area (Å²) in [4.78, 5) is 16.8. The normalized spacial score (nSPS) is 11.5. The standard InChI is InChI=1S/C34H29Cl2N3O5S/c1-4-39-21-32(28-16-12-25(35)19-30(28)36)37-33(39)18-7-22-5-8-23(9-6-22)24-10-13-26(14-11-24)44-27-15-17-29(34(40)43-2)31(20-27)38-45(3,41)42/h5-21,38H,4H2,1-3H3. The fourth-order valence-electron chi connectivity index (χ4n) is 4.61. The number of benzene rings is 4. The van der Waals surface area contributed by atoms with Crippen LogP contribution in [0.3, 0.4) is 0 Å². The van der Waals surface area contributed by atoms with Crippen LogP contribution in [-0.2, 0) is 21.3 Å². The summed E-state index contributed by atoms with van der Waals surface area (Å²) >= 11 is 12.5. The van der Waals surface area contributed by atoms with Gasteiger partial charge in [-0.3, -0.25) is 4.72 Å². The second-order valence-electron chi connectivity index (χ2n) is 10.0. The van der Waals surface area contributed by atoms with Crippen LogP contribution in [0.5, 0.6) is 11.5 Å². The van der Waals surface area contributed by atoms with Crippen LogP contribution in [0.2, 0.25) is 10.0 Å². The average molecular weight is 663 g/mol. The second kappa shape index (κ2) is 13.6. The molecule has 5 rings (SSSR count). The third-order valence-electron chi connectivity index (χ3n) is 6.81. The summed E-state index contributed by atoms with van der Waals surface area (Å²) in [5, 5.41) is 1.13. The molecule has 0 aliphatic rings. The highest BCUT2D eigenvalue weighted by Gasteiger charge is 2.16. The molecule has 1 N–H and O–H groups in total. The fourth-order valence-corrected chi connectivity index (χ4v) is 5.69. The molecule has 45 heavy (non-hydrogen) atoms. The van der Waals surface area contributed by atoms with Gasteiger partial charge in [0.25, 0.3) is 0 Å². The molecule has 0 bridgehead atoms. The number of halogens is 2. The molecule has 0 unspecified atom stereocenters. The van der Waals surface area contributed by atoms with Gasteiger partial charge in [0.1, 0.15) is 17.3 Å². The largest absolute Gasteiger partial charge is 0.465 e. The van der Waals surface area contributed by atoms with E-state index in [-0.39, 0.29) is 11.3 Å². The maximum atomic E-state index is 12.1. The Morgan fingerprint density at radius 3 is 2.20 bits per heavy atom. The third-order valence-corrected chi connectivity index (χ3v) is 7.94. The van der Waals surface area contributed by atoms with Crippen LogP contribution in [-0.4, -0.2) is 37.3 Å². The van der Waals surface area contributed by atoms with Crippen LogP contribution in [0.15, 0.2) is 91.1 Å². The second-order valence-corrected chi connectivity index (χ2v) is 12.6. The molecular formula is C34H29Cl2N3O5S. The summed E-state index contributed by atoms with van der Waals surface area (Å²) in [7, 11) is -2.41. The van der Waals surface area contributed by atoms with Crippen molar-refractivity contribution < 1.29 is 22.7 Å². The highest BCUT2D eigenvalue weighted by atomic mass is 35.5. The smallest absolute Gasteiger partial charge is 0.339 e. The number of nitrogens with zero attached hydrogens (tertiary/aromatic N) is 2. The highest BCUT2D eigenvalue weighted by molar-refractivity contribution is 7.92. The van der Waals surface area contributed by atoms with E-state index in [1.54, 1.807) is 18.2 Å². The van der Waals surface area contributed by atoms with E-state index in [4.69, 9.17) is 37.7 Å². The summed E-state index contributed by atoms with van der Waals surface area (Å²) in [6.07, 6.45) is 6.97. The first kappa shape index (κ1) is 31.8. The van der Waals surface area contributed by atoms with Gasteiger partial charge in [0.2, 0.25) is 10.0 Å². The Bertz CT molecular complexity index is 1990. The molecule has 1 aromatic heterocycles. The number of methoxy groups -OCH3 is 1. The molecule has 4 aromatic carbocycles. The van der Waals surface area contributed by atoms with Crippen LogP contribution in [0, 0.1) is 0 Å². The predicted molar refractivity (Wildman–Crippen MR) is 180 cm³/mol. The molecule has 11 heteroatoms. The van der Waals surface area contributed by atoms with Crippen LogP contribution < -0.4 is 9.46 Å². The summed E-state index contributed by atoms with van der Waals surface area (Å²) in [5.41, 5.74) is 4.79. The van der Waals surface area contributed by atoms with E-state index in [0.717, 1.165) is 46.6 Å². The molecule has 1 heterocycles. The van der Waals surface area contributed by atoms with Crippen molar-refractivity contribution in [1.82, 2.24) is 9.55 Å². The Labute approximate surface area is 271 Å². The summed E-state index contributed by atoms with van der Waals surface area (Å²) < 4.78 is 38.7. The van der Waals surface area contributed by atoms with Gasteiger partial charge in [0.05, 0.1) is 35.3 Å². The zero-order chi connectivity index (χ0) is 32.1. The Balaban J connectivity index is 1.28. The van der Waals surface area contributed by atoms with Gasteiger partial charge in [0.15, 0.2) is 0 Å². The number of nitrogens with one attached hydrogen (secondary N) is 1. The van der Waals surface area contributed by atoms with Crippen molar-refractivity contribution in [3.05, 3.63) is 118 Å². The number of aromatic nitrogens is 2. The van der Waals surface area contributed by atoms with E-state index in [0.29, 0.717) is 21.5 Å². The maximum Gasteiger partial charge on any atom is 0.339 e. The molecule has 0 saturated carbocycles. The van der Waals surface area contributed by atoms with E-state index in [9.17, 15) is 13.2 Å². The monoisotopic (exact) mass is 661 g/mol. The van der Waals surface area contributed by atoms with E-state index >= 15 is 0 Å². The van der Waals surface area contributed by atoms with E-state index in [1.807, 2.05) is 72.9 Å². The number of hydrogen-bond donors (Lipinski definition) is 1. The lowest BCUT2D eigenvalue weighted by molar-refractivity contribution is 0.0602. The number of carbonyl (C=O) groups is 1. The van der Waals surface area contributed by atoms with E-state index in [1.165, 1.54) is 19.2 Å². The van der Waals surface area contributed by atoms with Crippen molar-refractivity contribution in [2.75, 3.05) is 18.1 Å². The summed E-state index contributed by atoms with van der Waals surface area (Å²) in [6.45, 7) is 2.82. The zero-order valence-corrected chi connectivity index (χ0v) is 27.0. The number of rotatable bonds is 10. The molecule has 0 fully saturated rings. The van der Waals surface area contributed by atoms with Crippen molar-refractivity contribution in [1.29, 1.82) is 0 Å². The Morgan fingerprint density at radius 1 is 0.911 bits per heavy atom. The van der Waals surface area contributed by atoms with Gasteiger partial charge in [-0.1, -0.05) is 65.7 Å². The molecule has 0 amide bonds. The van der Waals surface area contributed by atoms with E-state index < -0.39 is 16.0 Å². The number of carbonyl (C=O) groups excluding carboxylic acids is 1. The molecule has 0 radical (unpaired) electrons. The highest BCUT2D eigenvalue weighted by Crippen LogP contribution is 2.32. The van der Waals surface area contributed by atoms with Crippen LogP contribution in [0.25, 0.3) is 34.5 Å². The van der Waals surface area contributed by atoms with Crippen molar-refractivity contribution >= 4 is 57.0 Å². The van der Waals surface area contributed by atoms with Gasteiger partial charge in [-0.15, -0.1) is 0 Å². The first-order chi connectivity index (χ1) is 21.5. The number of aryl methyl sites for hydroxylation is 1. The number of esters is 1. The van der Waals surface area contributed by atoms with Crippen LogP contribution in [0.1, 0.15) is 28.7 Å². The SMILES string of the molecule is CCn1cc(-c2ccc(Cl)cc2Cl)nc1C=Cc1ccc(-c2ccc(Oc3ccc(C(=O)OC)c(NS(C)(=O)=O)c3)cc2)cc1. The minimum atomic E-state index is -3.63. The zero-order valence-electron chi connectivity index (χ0n) is 24.6. The summed E-state index contributed by atoms with van der Waals surface area (Å²) in [5.74, 6) is 1.04. The fraction of sp³-hybridized carbons (Fsp3) is 0.118. The lowest BCUT2D eigenvalue weighted by Gasteiger charge is -2.12. The lowest BCUT2D eigenvalue weighted by Crippen LogP contribution is -2.14. The number of ether oxygens (including phenoxy) is 2. The van der Waals surface area contributed by atoms with Crippen molar-refractivity contribution in [3.8, 4) is 33.9 Å². The number of imidazole rings is 1. The van der Waals surface area contributed by atoms with E-state index in [2.05, 4.69) is 16.2 Å². The molecule has 0 spiro atoms. The summed E-state index contributed by atoms with van der Waals surface area (Å²) in [6, 6.07) is 25.5. The third kappa shape index (κ3) is 7.94. The predicted octanol–water partition coefficient (Wildman–Crippen LogP) is 8.66. The molecular weight excluding hydrogens is 633 g/mol. The van der Waals surface area contributed by atoms with Crippen LogP contribution in [0.4, 0.5) is 5.69 Å². The van der Waals surface area contributed by atoms with Gasteiger partial charge >= 0.3 is 5.97 Å². The number of anilines is 1. The van der Waals surface area contributed by atoms with Gasteiger partial charge in [-0.05, 0) is 72.2 Å². The Hall–Kier alpha value is -4.57. The topological polar surface area (TPSA) is 99.5 Å². The molecule has 0 saturated heterocycles.